The fourth-order valence-corrected chi connectivity index (χ4v) is 8.78. The number of fused-ring (bicyclic) bond motifs is 7. The summed E-state index contributed by atoms with van der Waals surface area (Å²) in [5.74, 6) is 1.56. The highest BCUT2D eigenvalue weighted by molar-refractivity contribution is 6.12. The highest BCUT2D eigenvalue weighted by Gasteiger charge is 2.23. The molecule has 0 saturated heterocycles. The fraction of sp³-hybridized carbons (Fsp3) is 0. The van der Waals surface area contributed by atoms with Crippen LogP contribution in [-0.4, -0.2) is 15.0 Å². The van der Waals surface area contributed by atoms with Gasteiger partial charge in [-0.05, 0) is 74.5 Å². The second-order valence-corrected chi connectivity index (χ2v) is 15.1. The second-order valence-electron chi connectivity index (χ2n) is 15.1. The smallest absolute Gasteiger partial charge is 0.167 e. The van der Waals surface area contributed by atoms with E-state index < -0.39 is 0 Å². The minimum absolute atomic E-state index is 0.507. The van der Waals surface area contributed by atoms with E-state index in [1.165, 1.54) is 0 Å². The molecule has 5 nitrogen and oxygen atoms in total. The highest BCUT2D eigenvalue weighted by atomic mass is 16.3. The summed E-state index contributed by atoms with van der Waals surface area (Å²) < 4.78 is 13.2. The lowest BCUT2D eigenvalue weighted by atomic mass is 9.89. The van der Waals surface area contributed by atoms with Crippen LogP contribution in [0, 0.1) is 0 Å². The van der Waals surface area contributed by atoms with Gasteiger partial charge in [-0.3, -0.25) is 0 Å². The summed E-state index contributed by atoms with van der Waals surface area (Å²) in [6.07, 6.45) is 0. The van der Waals surface area contributed by atoms with E-state index in [1.807, 2.05) is 66.7 Å². The van der Waals surface area contributed by atoms with Crippen LogP contribution in [0.4, 0.5) is 0 Å². The Morgan fingerprint density at radius 2 is 0.733 bits per heavy atom. The van der Waals surface area contributed by atoms with E-state index in [1.54, 1.807) is 0 Å². The van der Waals surface area contributed by atoms with Crippen molar-refractivity contribution in [3.63, 3.8) is 0 Å². The summed E-state index contributed by atoms with van der Waals surface area (Å²) >= 11 is 0. The molecule has 0 aliphatic rings. The maximum absolute atomic E-state index is 6.60. The number of hydrogen-bond acceptors (Lipinski definition) is 5. The molecule has 60 heavy (non-hydrogen) atoms. The topological polar surface area (TPSA) is 65.0 Å². The second kappa shape index (κ2) is 13.8. The molecular weight excluding hydrogens is 735 g/mol. The zero-order valence-electron chi connectivity index (χ0n) is 32.2. The Balaban J connectivity index is 1.18. The van der Waals surface area contributed by atoms with Gasteiger partial charge < -0.3 is 8.83 Å². The van der Waals surface area contributed by atoms with Crippen LogP contribution in [0.1, 0.15) is 0 Å². The third-order valence-corrected chi connectivity index (χ3v) is 11.6. The first kappa shape index (κ1) is 33.9. The van der Waals surface area contributed by atoms with Crippen molar-refractivity contribution in [3.05, 3.63) is 200 Å². The minimum Gasteiger partial charge on any atom is -0.455 e. The van der Waals surface area contributed by atoms with Crippen molar-refractivity contribution in [1.29, 1.82) is 0 Å². The van der Waals surface area contributed by atoms with Gasteiger partial charge in [0, 0.05) is 27.1 Å². The highest BCUT2D eigenvalue weighted by Crippen LogP contribution is 2.43. The molecule has 3 aromatic heterocycles. The monoisotopic (exact) mass is 767 g/mol. The Morgan fingerprint density at radius 1 is 0.267 bits per heavy atom. The Labute approximate surface area is 344 Å². The molecule has 0 aliphatic heterocycles. The van der Waals surface area contributed by atoms with E-state index in [4.69, 9.17) is 23.8 Å². The van der Waals surface area contributed by atoms with Crippen molar-refractivity contribution in [2.45, 2.75) is 0 Å². The SMILES string of the molecule is c1ccc(-c2cccc(-c3ccc4c(-c5ccccc5)cccc4c3-c3nc(-c4cccc5c4oc4ccccc45)nc(-c4cccc5c4oc4ccccc45)n3)c2)cc1. The van der Waals surface area contributed by atoms with E-state index in [2.05, 4.69) is 133 Å². The van der Waals surface area contributed by atoms with Gasteiger partial charge in [0.1, 0.15) is 22.3 Å². The van der Waals surface area contributed by atoms with Crippen LogP contribution in [0.25, 0.3) is 122 Å². The van der Waals surface area contributed by atoms with E-state index in [0.29, 0.717) is 17.5 Å². The lowest BCUT2D eigenvalue weighted by Crippen LogP contribution is -2.02. The molecule has 9 aromatic carbocycles. The van der Waals surface area contributed by atoms with E-state index >= 15 is 0 Å². The number of furan rings is 2. The van der Waals surface area contributed by atoms with Crippen LogP contribution in [0.2, 0.25) is 0 Å². The molecule has 12 rings (SSSR count). The first-order chi connectivity index (χ1) is 29.7. The number of nitrogens with zero attached hydrogens (tertiary/aromatic N) is 3. The molecule has 0 fully saturated rings. The molecule has 0 aliphatic carbocycles. The Morgan fingerprint density at radius 3 is 1.37 bits per heavy atom. The van der Waals surface area contributed by atoms with Gasteiger partial charge in [0.25, 0.3) is 0 Å². The molecule has 0 amide bonds. The van der Waals surface area contributed by atoms with Gasteiger partial charge in [0.05, 0.1) is 11.1 Å². The molecule has 0 radical (unpaired) electrons. The Hall–Kier alpha value is -8.15. The predicted molar refractivity (Wildman–Crippen MR) is 245 cm³/mol. The van der Waals surface area contributed by atoms with Crippen molar-refractivity contribution < 1.29 is 8.83 Å². The maximum Gasteiger partial charge on any atom is 0.167 e. The first-order valence-corrected chi connectivity index (χ1v) is 20.1. The predicted octanol–water partition coefficient (Wildman–Crippen LogP) is 14.8. The molecule has 0 unspecified atom stereocenters. The average Bonchev–Trinajstić information content (AvgIpc) is 3.90. The van der Waals surface area contributed by atoms with Gasteiger partial charge in [-0.1, -0.05) is 170 Å². The molecule has 0 saturated carbocycles. The normalized spacial score (nSPS) is 11.7. The summed E-state index contributed by atoms with van der Waals surface area (Å²) in [5.41, 5.74) is 12.2. The average molecular weight is 768 g/mol. The van der Waals surface area contributed by atoms with E-state index in [0.717, 1.165) is 105 Å². The molecular formula is C55H33N3O2. The lowest BCUT2D eigenvalue weighted by Gasteiger charge is -2.17. The summed E-state index contributed by atoms with van der Waals surface area (Å²) in [6.45, 7) is 0. The number of hydrogen-bond donors (Lipinski definition) is 0. The molecule has 5 heteroatoms. The number of rotatable bonds is 6. The van der Waals surface area contributed by atoms with Crippen molar-refractivity contribution in [2.75, 3.05) is 0 Å². The third kappa shape index (κ3) is 5.52. The van der Waals surface area contributed by atoms with Gasteiger partial charge in [0.15, 0.2) is 17.5 Å². The molecule has 0 spiro atoms. The van der Waals surface area contributed by atoms with Crippen LogP contribution in [0.3, 0.4) is 0 Å². The molecule has 0 N–H and O–H groups in total. The fourth-order valence-electron chi connectivity index (χ4n) is 8.78. The summed E-state index contributed by atoms with van der Waals surface area (Å²) in [6, 6.07) is 69.3. The van der Waals surface area contributed by atoms with Crippen molar-refractivity contribution >= 4 is 54.6 Å². The first-order valence-electron chi connectivity index (χ1n) is 20.1. The van der Waals surface area contributed by atoms with Crippen LogP contribution in [-0.2, 0) is 0 Å². The van der Waals surface area contributed by atoms with Gasteiger partial charge in [0.2, 0.25) is 0 Å². The van der Waals surface area contributed by atoms with Crippen LogP contribution < -0.4 is 0 Å². The van der Waals surface area contributed by atoms with E-state index in [9.17, 15) is 0 Å². The number of aromatic nitrogens is 3. The maximum atomic E-state index is 6.60. The summed E-state index contributed by atoms with van der Waals surface area (Å²) in [7, 11) is 0. The number of benzene rings is 9. The molecule has 0 bridgehead atoms. The van der Waals surface area contributed by atoms with Crippen molar-refractivity contribution in [3.8, 4) is 67.5 Å². The Bertz CT molecular complexity index is 3470. The van der Waals surface area contributed by atoms with E-state index in [-0.39, 0.29) is 0 Å². The molecule has 12 aromatic rings. The standard InChI is InChI=1S/C55H33N3O2/c1-3-15-34(16-4-1)36-19-11-20-37(33-36)39-31-32-40-38(35-17-5-2-6-18-35)23-12-24-43(40)50(39)55-57-53(46-27-13-25-44-41-21-7-9-29-48(41)59-51(44)46)56-54(58-55)47-28-14-26-45-42-22-8-10-30-49(42)60-52(45)47/h1-33H. The van der Waals surface area contributed by atoms with Gasteiger partial charge in [-0.25, -0.2) is 15.0 Å². The lowest BCUT2D eigenvalue weighted by molar-refractivity contribution is 0.669. The molecule has 280 valence electrons. The van der Waals surface area contributed by atoms with Gasteiger partial charge in [-0.2, -0.15) is 0 Å². The largest absolute Gasteiger partial charge is 0.455 e. The summed E-state index contributed by atoms with van der Waals surface area (Å²) in [4.78, 5) is 16.2. The molecule has 0 atom stereocenters. The zero-order valence-corrected chi connectivity index (χ0v) is 32.2. The number of para-hydroxylation sites is 4. The minimum atomic E-state index is 0.507. The van der Waals surface area contributed by atoms with Crippen LogP contribution in [0.5, 0.6) is 0 Å². The van der Waals surface area contributed by atoms with Gasteiger partial charge in [-0.15, -0.1) is 0 Å². The van der Waals surface area contributed by atoms with Crippen molar-refractivity contribution in [2.24, 2.45) is 0 Å². The zero-order chi connectivity index (χ0) is 39.6. The van der Waals surface area contributed by atoms with Crippen LogP contribution >= 0.6 is 0 Å². The van der Waals surface area contributed by atoms with Gasteiger partial charge >= 0.3 is 0 Å². The Kier molecular flexibility index (Phi) is 7.78. The third-order valence-electron chi connectivity index (χ3n) is 11.6. The van der Waals surface area contributed by atoms with Crippen molar-refractivity contribution in [1.82, 2.24) is 15.0 Å². The summed E-state index contributed by atoms with van der Waals surface area (Å²) in [5, 5.41) is 6.22. The van der Waals surface area contributed by atoms with Crippen LogP contribution in [0.15, 0.2) is 209 Å². The molecule has 3 heterocycles. The quantitative estimate of drug-likeness (QED) is 0.169.